The number of aromatic nitrogens is 1. The zero-order valence-corrected chi connectivity index (χ0v) is 9.64. The number of rotatable bonds is 3. The first-order valence-corrected chi connectivity index (χ1v) is 5.43. The van der Waals surface area contributed by atoms with E-state index in [-0.39, 0.29) is 0 Å². The summed E-state index contributed by atoms with van der Waals surface area (Å²) in [4.78, 5) is 4.21. The van der Waals surface area contributed by atoms with Crippen molar-refractivity contribution in [2.75, 3.05) is 5.32 Å². The maximum atomic E-state index is 8.69. The average Bonchev–Trinajstić information content (AvgIpc) is 2.39. The molecule has 0 aliphatic rings. The van der Waals surface area contributed by atoms with Gasteiger partial charge in [0.25, 0.3) is 0 Å². The molecule has 0 unspecified atom stereocenters. The van der Waals surface area contributed by atoms with Crippen molar-refractivity contribution in [3.63, 3.8) is 0 Å². The number of nitriles is 1. The van der Waals surface area contributed by atoms with Crippen molar-refractivity contribution in [1.82, 2.24) is 4.98 Å². The molecule has 0 radical (unpaired) electrons. The van der Waals surface area contributed by atoms with Crippen LogP contribution in [0.2, 0.25) is 0 Å². The van der Waals surface area contributed by atoms with Crippen molar-refractivity contribution < 1.29 is 0 Å². The number of nitrogens with one attached hydrogen (secondary N) is 1. The van der Waals surface area contributed by atoms with Crippen molar-refractivity contribution in [2.45, 2.75) is 13.5 Å². The maximum absolute atomic E-state index is 8.69. The van der Waals surface area contributed by atoms with Gasteiger partial charge in [-0.05, 0) is 36.8 Å². The Bertz CT molecular complexity index is 521. The number of aryl methyl sites for hydroxylation is 1. The minimum atomic E-state index is 0.686. The fourth-order valence-electron chi connectivity index (χ4n) is 1.47. The second kappa shape index (κ2) is 5.13. The van der Waals surface area contributed by atoms with Gasteiger partial charge in [-0.2, -0.15) is 5.26 Å². The average molecular weight is 223 g/mol. The number of nitrogens with zero attached hydrogens (tertiary/aromatic N) is 2. The van der Waals surface area contributed by atoms with E-state index in [2.05, 4.69) is 16.4 Å². The van der Waals surface area contributed by atoms with E-state index in [1.165, 1.54) is 0 Å². The minimum absolute atomic E-state index is 0.686. The summed E-state index contributed by atoms with van der Waals surface area (Å²) in [5, 5.41) is 12.0. The zero-order chi connectivity index (χ0) is 12.1. The van der Waals surface area contributed by atoms with E-state index in [4.69, 9.17) is 5.26 Å². The fraction of sp³-hybridized carbons (Fsp3) is 0.143. The molecule has 0 bridgehead atoms. The van der Waals surface area contributed by atoms with Crippen molar-refractivity contribution in [3.8, 4) is 6.07 Å². The summed E-state index contributed by atoms with van der Waals surface area (Å²) < 4.78 is 0. The largest absolute Gasteiger partial charge is 0.380 e. The second-order valence-electron chi connectivity index (χ2n) is 3.85. The Morgan fingerprint density at radius 3 is 2.53 bits per heavy atom. The predicted octanol–water partition coefficient (Wildman–Crippen LogP) is 2.87. The molecule has 17 heavy (non-hydrogen) atoms. The molecular weight excluding hydrogens is 210 g/mol. The smallest absolute Gasteiger partial charge is 0.0991 e. The van der Waals surface area contributed by atoms with Gasteiger partial charge in [0.1, 0.15) is 0 Å². The van der Waals surface area contributed by atoms with Crippen LogP contribution in [-0.2, 0) is 6.54 Å². The summed E-state index contributed by atoms with van der Waals surface area (Å²) in [5.74, 6) is 0. The van der Waals surface area contributed by atoms with Crippen LogP contribution in [0.5, 0.6) is 0 Å². The number of hydrogen-bond acceptors (Lipinski definition) is 3. The van der Waals surface area contributed by atoms with Crippen LogP contribution in [0, 0.1) is 18.3 Å². The summed E-state index contributed by atoms with van der Waals surface area (Å²) in [6.07, 6.45) is 1.82. The van der Waals surface area contributed by atoms with Crippen molar-refractivity contribution in [2.24, 2.45) is 0 Å². The molecule has 0 spiro atoms. The van der Waals surface area contributed by atoms with Gasteiger partial charge in [-0.15, -0.1) is 0 Å². The van der Waals surface area contributed by atoms with Gasteiger partial charge in [-0.3, -0.25) is 4.98 Å². The van der Waals surface area contributed by atoms with Crippen LogP contribution in [0.15, 0.2) is 42.6 Å². The molecule has 84 valence electrons. The monoisotopic (exact) mass is 223 g/mol. The lowest BCUT2D eigenvalue weighted by atomic mass is 10.1. The quantitative estimate of drug-likeness (QED) is 0.870. The van der Waals surface area contributed by atoms with E-state index in [0.717, 1.165) is 23.5 Å². The van der Waals surface area contributed by atoms with Gasteiger partial charge in [-0.25, -0.2) is 0 Å². The Kier molecular flexibility index (Phi) is 3.37. The molecule has 2 rings (SSSR count). The molecular formula is C14H13N3. The standard InChI is InChI=1S/C14H13N3/c1-11-2-7-14(10-16-11)17-9-13-5-3-12(8-15)4-6-13/h2-7,10,17H,9H2,1H3. The molecule has 3 nitrogen and oxygen atoms in total. The molecule has 1 heterocycles. The van der Waals surface area contributed by atoms with Crippen molar-refractivity contribution in [3.05, 3.63) is 59.4 Å². The third kappa shape index (κ3) is 3.05. The normalized spacial score (nSPS) is 9.65. The molecule has 0 aliphatic heterocycles. The lowest BCUT2D eigenvalue weighted by molar-refractivity contribution is 1.12. The molecule has 1 N–H and O–H groups in total. The first kappa shape index (κ1) is 11.2. The number of pyridine rings is 1. The Labute approximate surface area is 101 Å². The molecule has 1 aromatic carbocycles. The SMILES string of the molecule is Cc1ccc(NCc2ccc(C#N)cc2)cn1. The lowest BCUT2D eigenvalue weighted by Crippen LogP contribution is -1.99. The highest BCUT2D eigenvalue weighted by atomic mass is 14.9. The van der Waals surface area contributed by atoms with Crippen LogP contribution in [-0.4, -0.2) is 4.98 Å². The van der Waals surface area contributed by atoms with Crippen LogP contribution < -0.4 is 5.32 Å². The number of benzene rings is 1. The van der Waals surface area contributed by atoms with Crippen molar-refractivity contribution in [1.29, 1.82) is 5.26 Å². The van der Waals surface area contributed by atoms with Gasteiger partial charge in [0.05, 0.1) is 23.5 Å². The summed E-state index contributed by atoms with van der Waals surface area (Å²) in [5.41, 5.74) is 3.84. The van der Waals surface area contributed by atoms with Gasteiger partial charge in [0, 0.05) is 12.2 Å². The van der Waals surface area contributed by atoms with E-state index in [1.54, 1.807) is 0 Å². The molecule has 0 aliphatic carbocycles. The van der Waals surface area contributed by atoms with E-state index in [0.29, 0.717) is 5.56 Å². The Balaban J connectivity index is 1.98. The summed E-state index contributed by atoms with van der Waals surface area (Å²) >= 11 is 0. The molecule has 3 heteroatoms. The van der Waals surface area contributed by atoms with Crippen LogP contribution >= 0.6 is 0 Å². The van der Waals surface area contributed by atoms with Gasteiger partial charge in [0.15, 0.2) is 0 Å². The second-order valence-corrected chi connectivity index (χ2v) is 3.85. The lowest BCUT2D eigenvalue weighted by Gasteiger charge is -2.06. The molecule has 0 saturated heterocycles. The zero-order valence-electron chi connectivity index (χ0n) is 9.64. The highest BCUT2D eigenvalue weighted by Gasteiger charge is 1.95. The van der Waals surface area contributed by atoms with Crippen LogP contribution in [0.3, 0.4) is 0 Å². The first-order chi connectivity index (χ1) is 8.28. The highest BCUT2D eigenvalue weighted by molar-refractivity contribution is 5.42. The van der Waals surface area contributed by atoms with Gasteiger partial charge >= 0.3 is 0 Å². The fourth-order valence-corrected chi connectivity index (χ4v) is 1.47. The topological polar surface area (TPSA) is 48.7 Å². The summed E-state index contributed by atoms with van der Waals surface area (Å²) in [6, 6.07) is 13.6. The number of anilines is 1. The Hall–Kier alpha value is -2.34. The van der Waals surface area contributed by atoms with Gasteiger partial charge in [0.2, 0.25) is 0 Å². The Morgan fingerprint density at radius 1 is 1.18 bits per heavy atom. The van der Waals surface area contributed by atoms with Gasteiger partial charge in [-0.1, -0.05) is 12.1 Å². The highest BCUT2D eigenvalue weighted by Crippen LogP contribution is 2.09. The molecule has 0 amide bonds. The summed E-state index contributed by atoms with van der Waals surface area (Å²) in [7, 11) is 0. The van der Waals surface area contributed by atoms with Crippen LogP contribution in [0.1, 0.15) is 16.8 Å². The predicted molar refractivity (Wildman–Crippen MR) is 67.5 cm³/mol. The maximum Gasteiger partial charge on any atom is 0.0991 e. The molecule has 0 saturated carbocycles. The summed E-state index contributed by atoms with van der Waals surface area (Å²) in [6.45, 7) is 2.70. The minimum Gasteiger partial charge on any atom is -0.380 e. The molecule has 0 fully saturated rings. The molecule has 2 aromatic rings. The Morgan fingerprint density at radius 2 is 1.94 bits per heavy atom. The van der Waals surface area contributed by atoms with Crippen LogP contribution in [0.4, 0.5) is 5.69 Å². The third-order valence-corrected chi connectivity index (χ3v) is 2.49. The third-order valence-electron chi connectivity index (χ3n) is 2.49. The van der Waals surface area contributed by atoms with E-state index in [9.17, 15) is 0 Å². The van der Waals surface area contributed by atoms with E-state index >= 15 is 0 Å². The number of hydrogen-bond donors (Lipinski definition) is 1. The van der Waals surface area contributed by atoms with Crippen LogP contribution in [0.25, 0.3) is 0 Å². The van der Waals surface area contributed by atoms with Crippen molar-refractivity contribution >= 4 is 5.69 Å². The van der Waals surface area contributed by atoms with Gasteiger partial charge < -0.3 is 5.32 Å². The molecule has 0 atom stereocenters. The molecule has 1 aromatic heterocycles. The first-order valence-electron chi connectivity index (χ1n) is 5.43. The van der Waals surface area contributed by atoms with E-state index in [1.807, 2.05) is 49.5 Å². The van der Waals surface area contributed by atoms with E-state index < -0.39 is 0 Å².